The first-order valence-electron chi connectivity index (χ1n) is 8.31. The van der Waals surface area contributed by atoms with Crippen molar-refractivity contribution < 1.29 is 14.0 Å². The van der Waals surface area contributed by atoms with Crippen LogP contribution in [0.2, 0.25) is 0 Å². The van der Waals surface area contributed by atoms with Gasteiger partial charge >= 0.3 is 0 Å². The van der Waals surface area contributed by atoms with Gasteiger partial charge in [0.05, 0.1) is 12.8 Å². The fraction of sp³-hybridized carbons (Fsp3) is 0.400. The van der Waals surface area contributed by atoms with Gasteiger partial charge in [-0.3, -0.25) is 9.59 Å². The van der Waals surface area contributed by atoms with Crippen LogP contribution in [0.3, 0.4) is 0 Å². The van der Waals surface area contributed by atoms with E-state index >= 15 is 0 Å². The molecule has 0 saturated carbocycles. The molecule has 1 heterocycles. The fourth-order valence-corrected chi connectivity index (χ4v) is 2.46. The lowest BCUT2D eigenvalue weighted by Gasteiger charge is -2.23. The Hall–Kier alpha value is -2.56. The van der Waals surface area contributed by atoms with Crippen LogP contribution in [-0.4, -0.2) is 42.3 Å². The molecule has 0 unspecified atom stereocenters. The summed E-state index contributed by atoms with van der Waals surface area (Å²) in [4.78, 5) is 27.5. The van der Waals surface area contributed by atoms with E-state index in [9.17, 15) is 9.59 Å². The number of amides is 2. The third-order valence-electron chi connectivity index (χ3n) is 4.12. The molecular formula is C20H26N2O3. The molecule has 0 saturated heterocycles. The lowest BCUT2D eigenvalue weighted by atomic mass is 9.87. The number of furan rings is 1. The Morgan fingerprint density at radius 3 is 2.16 bits per heavy atom. The Balaban J connectivity index is 1.92. The summed E-state index contributed by atoms with van der Waals surface area (Å²) in [7, 11) is 3.33. The van der Waals surface area contributed by atoms with Crippen molar-refractivity contribution in [2.45, 2.75) is 32.7 Å². The number of carbonyl (C=O) groups excluding carboxylic acids is 2. The molecule has 0 atom stereocenters. The second-order valence-corrected chi connectivity index (χ2v) is 7.34. The summed E-state index contributed by atoms with van der Waals surface area (Å²) in [6, 6.07) is 11.5. The van der Waals surface area contributed by atoms with Crippen LogP contribution in [0.5, 0.6) is 0 Å². The lowest BCUT2D eigenvalue weighted by Crippen LogP contribution is -2.39. The second-order valence-electron chi connectivity index (χ2n) is 7.34. The van der Waals surface area contributed by atoms with Gasteiger partial charge in [0.1, 0.15) is 0 Å². The summed E-state index contributed by atoms with van der Waals surface area (Å²) in [5.41, 5.74) is 2.42. The first-order chi connectivity index (χ1) is 11.7. The van der Waals surface area contributed by atoms with Crippen molar-refractivity contribution in [2.75, 3.05) is 20.6 Å². The van der Waals surface area contributed by atoms with Crippen LogP contribution in [0.15, 0.2) is 47.1 Å². The molecule has 2 aromatic rings. The second kappa shape index (κ2) is 7.55. The summed E-state index contributed by atoms with van der Waals surface area (Å²) < 4.78 is 5.08. The topological polar surface area (TPSA) is 53.8 Å². The van der Waals surface area contributed by atoms with Gasteiger partial charge in [-0.15, -0.1) is 0 Å². The Morgan fingerprint density at radius 2 is 1.64 bits per heavy atom. The number of rotatable bonds is 5. The van der Waals surface area contributed by atoms with Gasteiger partial charge in [0.15, 0.2) is 5.76 Å². The molecule has 5 heteroatoms. The molecule has 2 amide bonds. The van der Waals surface area contributed by atoms with Gasteiger partial charge in [-0.2, -0.15) is 0 Å². The quantitative estimate of drug-likeness (QED) is 0.838. The van der Waals surface area contributed by atoms with Gasteiger partial charge < -0.3 is 14.2 Å². The van der Waals surface area contributed by atoms with Crippen molar-refractivity contribution in [3.05, 3.63) is 59.5 Å². The maximum atomic E-state index is 12.4. The van der Waals surface area contributed by atoms with Gasteiger partial charge in [0.2, 0.25) is 5.91 Å². The molecular weight excluding hydrogens is 316 g/mol. The highest BCUT2D eigenvalue weighted by Crippen LogP contribution is 2.22. The van der Waals surface area contributed by atoms with Gasteiger partial charge in [-0.25, -0.2) is 0 Å². The number of hydrogen-bond acceptors (Lipinski definition) is 3. The van der Waals surface area contributed by atoms with Crippen molar-refractivity contribution in [2.24, 2.45) is 0 Å². The number of nitrogens with zero attached hydrogens (tertiary/aromatic N) is 2. The molecule has 0 radical (unpaired) electrons. The average molecular weight is 342 g/mol. The van der Waals surface area contributed by atoms with E-state index in [1.165, 1.54) is 16.7 Å². The number of likely N-dealkylation sites (N-methyl/N-ethyl adjacent to an activating group) is 2. The highest BCUT2D eigenvalue weighted by atomic mass is 16.3. The molecule has 0 N–H and O–H groups in total. The maximum absolute atomic E-state index is 12.4. The normalized spacial score (nSPS) is 11.2. The molecule has 0 fully saturated rings. The Kier molecular flexibility index (Phi) is 5.67. The minimum absolute atomic E-state index is 0.0100. The van der Waals surface area contributed by atoms with E-state index in [0.29, 0.717) is 6.54 Å². The average Bonchev–Trinajstić information content (AvgIpc) is 3.08. The molecule has 1 aromatic heterocycles. The molecule has 1 aromatic carbocycles. The minimum atomic E-state index is -0.304. The van der Waals surface area contributed by atoms with Crippen molar-refractivity contribution in [3.63, 3.8) is 0 Å². The van der Waals surface area contributed by atoms with E-state index in [4.69, 9.17) is 4.42 Å². The molecule has 0 bridgehead atoms. The predicted octanol–water partition coefficient (Wildman–Crippen LogP) is 3.31. The monoisotopic (exact) mass is 342 g/mol. The molecule has 25 heavy (non-hydrogen) atoms. The van der Waals surface area contributed by atoms with Gasteiger partial charge in [0.25, 0.3) is 5.91 Å². The SMILES string of the molecule is CN(Cc1ccc(C(C)(C)C)cc1)C(=O)CN(C)C(=O)c1ccco1. The molecule has 0 aliphatic rings. The van der Waals surface area contributed by atoms with E-state index in [2.05, 4.69) is 32.9 Å². The standard InChI is InChI=1S/C20H26N2O3/c1-20(2,3)16-10-8-15(9-11-16)13-21(4)18(23)14-22(5)19(24)17-7-6-12-25-17/h6-12H,13-14H2,1-5H3. The van der Waals surface area contributed by atoms with Crippen molar-refractivity contribution in [1.29, 1.82) is 0 Å². The van der Waals surface area contributed by atoms with Crippen molar-refractivity contribution in [3.8, 4) is 0 Å². The Morgan fingerprint density at radius 1 is 1.00 bits per heavy atom. The zero-order valence-corrected chi connectivity index (χ0v) is 15.6. The maximum Gasteiger partial charge on any atom is 0.289 e. The summed E-state index contributed by atoms with van der Waals surface area (Å²) in [6.07, 6.45) is 1.44. The van der Waals surface area contributed by atoms with Gasteiger partial charge in [0, 0.05) is 20.6 Å². The minimum Gasteiger partial charge on any atom is -0.459 e. The molecule has 0 aliphatic heterocycles. The van der Waals surface area contributed by atoms with Gasteiger partial charge in [-0.1, -0.05) is 45.0 Å². The summed E-state index contributed by atoms with van der Waals surface area (Å²) in [6.45, 7) is 7.03. The van der Waals surface area contributed by atoms with E-state index in [-0.39, 0.29) is 29.5 Å². The Labute approximate surface area is 149 Å². The Bertz CT molecular complexity index is 712. The number of carbonyl (C=O) groups is 2. The van der Waals surface area contributed by atoms with Crippen LogP contribution in [0.25, 0.3) is 0 Å². The van der Waals surface area contributed by atoms with E-state index in [1.807, 2.05) is 12.1 Å². The van der Waals surface area contributed by atoms with E-state index < -0.39 is 0 Å². The third-order valence-corrected chi connectivity index (χ3v) is 4.12. The fourth-order valence-electron chi connectivity index (χ4n) is 2.46. The third kappa shape index (κ3) is 4.95. The molecule has 5 nitrogen and oxygen atoms in total. The van der Waals surface area contributed by atoms with Crippen LogP contribution >= 0.6 is 0 Å². The highest BCUT2D eigenvalue weighted by molar-refractivity contribution is 5.94. The van der Waals surface area contributed by atoms with Crippen LogP contribution in [-0.2, 0) is 16.8 Å². The van der Waals surface area contributed by atoms with Gasteiger partial charge in [-0.05, 0) is 28.7 Å². The summed E-state index contributed by atoms with van der Waals surface area (Å²) in [5.74, 6) is -0.195. The predicted molar refractivity (Wildman–Crippen MR) is 97.3 cm³/mol. The molecule has 0 aliphatic carbocycles. The largest absolute Gasteiger partial charge is 0.459 e. The van der Waals surface area contributed by atoms with E-state index in [0.717, 1.165) is 5.56 Å². The number of benzene rings is 1. The molecule has 2 rings (SSSR count). The van der Waals surface area contributed by atoms with Crippen molar-refractivity contribution in [1.82, 2.24) is 9.80 Å². The van der Waals surface area contributed by atoms with Crippen molar-refractivity contribution >= 4 is 11.8 Å². The molecule has 134 valence electrons. The van der Waals surface area contributed by atoms with Crippen LogP contribution in [0, 0.1) is 0 Å². The first-order valence-corrected chi connectivity index (χ1v) is 8.31. The van der Waals surface area contributed by atoms with Crippen LogP contribution in [0.4, 0.5) is 0 Å². The summed E-state index contributed by atoms with van der Waals surface area (Å²) in [5, 5.41) is 0. The first kappa shape index (κ1) is 18.8. The highest BCUT2D eigenvalue weighted by Gasteiger charge is 2.19. The molecule has 0 spiro atoms. The zero-order valence-electron chi connectivity index (χ0n) is 15.6. The van der Waals surface area contributed by atoms with Crippen LogP contribution in [0.1, 0.15) is 42.5 Å². The lowest BCUT2D eigenvalue weighted by molar-refractivity contribution is -0.130. The summed E-state index contributed by atoms with van der Waals surface area (Å²) >= 11 is 0. The smallest absolute Gasteiger partial charge is 0.289 e. The number of hydrogen-bond donors (Lipinski definition) is 0. The van der Waals surface area contributed by atoms with E-state index in [1.54, 1.807) is 31.1 Å². The van der Waals surface area contributed by atoms with Crippen LogP contribution < -0.4 is 0 Å². The zero-order chi connectivity index (χ0) is 18.6.